The maximum absolute atomic E-state index is 4.60. The number of fused-ring (bicyclic) bond motifs is 1. The molecule has 1 aromatic heterocycles. The van der Waals surface area contributed by atoms with Crippen molar-refractivity contribution in [2.24, 2.45) is 0 Å². The molecule has 78 valence electrons. The van der Waals surface area contributed by atoms with Crippen LogP contribution in [0.4, 0.5) is 0 Å². The minimum absolute atomic E-state index is 1.10. The average Bonchev–Trinajstić information content (AvgIpc) is 2.60. The fraction of sp³-hybridized carbons (Fsp3) is 0.308. The van der Waals surface area contributed by atoms with Crippen molar-refractivity contribution in [2.75, 3.05) is 0 Å². The largest absolute Gasteiger partial charge is 0.241 e. The Morgan fingerprint density at radius 2 is 2.27 bits per heavy atom. The normalized spacial score (nSPS) is 11.6. The summed E-state index contributed by atoms with van der Waals surface area (Å²) >= 11 is 1.82. The monoisotopic (exact) mass is 217 g/mol. The lowest BCUT2D eigenvalue weighted by Gasteiger charge is -1.91. The highest BCUT2D eigenvalue weighted by molar-refractivity contribution is 7.18. The highest BCUT2D eigenvalue weighted by atomic mass is 32.1. The van der Waals surface area contributed by atoms with Gasteiger partial charge in [-0.15, -0.1) is 11.3 Å². The second kappa shape index (κ2) is 4.58. The summed E-state index contributed by atoms with van der Waals surface area (Å²) in [5.74, 6) is 0. The Bertz CT molecular complexity index is 482. The zero-order valence-electron chi connectivity index (χ0n) is 9.16. The molecule has 0 unspecified atom stereocenters. The molecule has 0 atom stereocenters. The van der Waals surface area contributed by atoms with Crippen molar-refractivity contribution >= 4 is 27.6 Å². The quantitative estimate of drug-likeness (QED) is 0.747. The summed E-state index contributed by atoms with van der Waals surface area (Å²) in [6, 6.07) is 6.45. The first kappa shape index (κ1) is 10.4. The van der Waals surface area contributed by atoms with Crippen LogP contribution in [0.15, 0.2) is 24.3 Å². The van der Waals surface area contributed by atoms with Gasteiger partial charge in [0.2, 0.25) is 0 Å². The molecule has 0 amide bonds. The minimum atomic E-state index is 1.10. The van der Waals surface area contributed by atoms with E-state index in [1.807, 2.05) is 18.3 Å². The van der Waals surface area contributed by atoms with E-state index < -0.39 is 0 Å². The minimum Gasteiger partial charge on any atom is -0.241 e. The number of hydrogen-bond acceptors (Lipinski definition) is 2. The number of hydrogen-bond donors (Lipinski definition) is 0. The van der Waals surface area contributed by atoms with Gasteiger partial charge < -0.3 is 0 Å². The van der Waals surface area contributed by atoms with Crippen LogP contribution in [0.2, 0.25) is 0 Å². The summed E-state index contributed by atoms with van der Waals surface area (Å²) in [7, 11) is 0. The molecule has 0 aliphatic carbocycles. The van der Waals surface area contributed by atoms with Crippen LogP contribution >= 0.6 is 11.3 Å². The van der Waals surface area contributed by atoms with E-state index in [0.29, 0.717) is 0 Å². The van der Waals surface area contributed by atoms with Gasteiger partial charge in [0.05, 0.1) is 15.2 Å². The Morgan fingerprint density at radius 1 is 1.40 bits per heavy atom. The standard InChI is InChI=1S/C13H15NS/c1-3-5-10-7-8-11-12(9-10)15-13(14-11)6-4-2/h3,5,7-9H,4,6H2,1-2H3/b5-3+. The third-order valence-corrected chi connectivity index (χ3v) is 3.36. The molecule has 0 bridgehead atoms. The molecule has 0 aliphatic rings. The van der Waals surface area contributed by atoms with E-state index in [1.54, 1.807) is 0 Å². The van der Waals surface area contributed by atoms with Crippen LogP contribution in [0.1, 0.15) is 30.8 Å². The van der Waals surface area contributed by atoms with Crippen molar-refractivity contribution in [1.29, 1.82) is 0 Å². The van der Waals surface area contributed by atoms with Gasteiger partial charge in [-0.25, -0.2) is 4.98 Å². The van der Waals surface area contributed by atoms with E-state index in [1.165, 1.54) is 21.7 Å². The van der Waals surface area contributed by atoms with Crippen molar-refractivity contribution < 1.29 is 0 Å². The number of allylic oxidation sites excluding steroid dienone is 1. The smallest absolute Gasteiger partial charge is 0.0938 e. The average molecular weight is 217 g/mol. The van der Waals surface area contributed by atoms with Gasteiger partial charge in [0.25, 0.3) is 0 Å². The molecular weight excluding hydrogens is 202 g/mol. The highest BCUT2D eigenvalue weighted by Gasteiger charge is 2.02. The third kappa shape index (κ3) is 2.26. The highest BCUT2D eigenvalue weighted by Crippen LogP contribution is 2.24. The summed E-state index contributed by atoms with van der Waals surface area (Å²) in [6.45, 7) is 4.23. The lowest BCUT2D eigenvalue weighted by atomic mass is 10.2. The summed E-state index contributed by atoms with van der Waals surface area (Å²) in [4.78, 5) is 4.60. The van der Waals surface area contributed by atoms with E-state index in [9.17, 15) is 0 Å². The van der Waals surface area contributed by atoms with E-state index in [-0.39, 0.29) is 0 Å². The van der Waals surface area contributed by atoms with E-state index in [2.05, 4.69) is 42.3 Å². The van der Waals surface area contributed by atoms with Crippen molar-refractivity contribution in [2.45, 2.75) is 26.7 Å². The maximum Gasteiger partial charge on any atom is 0.0938 e. The fourth-order valence-corrected chi connectivity index (χ4v) is 2.72. The number of thiazole rings is 1. The zero-order chi connectivity index (χ0) is 10.7. The number of nitrogens with zero attached hydrogens (tertiary/aromatic N) is 1. The van der Waals surface area contributed by atoms with Gasteiger partial charge >= 0.3 is 0 Å². The van der Waals surface area contributed by atoms with Crippen LogP contribution < -0.4 is 0 Å². The SMILES string of the molecule is C/C=C/c1ccc2nc(CCC)sc2c1. The van der Waals surface area contributed by atoms with Crippen LogP contribution in [0.3, 0.4) is 0 Å². The summed E-state index contributed by atoms with van der Waals surface area (Å²) in [6.07, 6.45) is 6.45. The lowest BCUT2D eigenvalue weighted by Crippen LogP contribution is -1.78. The Kier molecular flexibility index (Phi) is 3.17. The van der Waals surface area contributed by atoms with Gasteiger partial charge in [-0.3, -0.25) is 0 Å². The van der Waals surface area contributed by atoms with Crippen LogP contribution in [0.5, 0.6) is 0 Å². The topological polar surface area (TPSA) is 12.9 Å². The van der Waals surface area contributed by atoms with Crippen molar-refractivity contribution in [3.63, 3.8) is 0 Å². The summed E-state index contributed by atoms with van der Waals surface area (Å²) < 4.78 is 1.30. The maximum atomic E-state index is 4.60. The predicted octanol–water partition coefficient (Wildman–Crippen LogP) is 4.28. The molecule has 1 nitrogen and oxygen atoms in total. The molecule has 1 aromatic carbocycles. The first-order valence-corrected chi connectivity index (χ1v) is 6.17. The molecule has 2 rings (SSSR count). The van der Waals surface area contributed by atoms with Gasteiger partial charge in [0.15, 0.2) is 0 Å². The van der Waals surface area contributed by atoms with Crippen LogP contribution in [0.25, 0.3) is 16.3 Å². The van der Waals surface area contributed by atoms with Crippen LogP contribution in [0, 0.1) is 0 Å². The van der Waals surface area contributed by atoms with Crippen LogP contribution in [-0.2, 0) is 6.42 Å². The first-order valence-electron chi connectivity index (χ1n) is 5.35. The molecule has 0 aliphatic heterocycles. The molecular formula is C13H15NS. The van der Waals surface area contributed by atoms with E-state index in [0.717, 1.165) is 11.9 Å². The Morgan fingerprint density at radius 3 is 3.00 bits per heavy atom. The fourth-order valence-electron chi connectivity index (χ4n) is 1.61. The molecule has 0 spiro atoms. The molecule has 0 fully saturated rings. The Hall–Kier alpha value is -1.15. The molecule has 0 radical (unpaired) electrons. The molecule has 0 saturated carbocycles. The molecule has 2 aromatic rings. The first-order chi connectivity index (χ1) is 7.33. The van der Waals surface area contributed by atoms with E-state index in [4.69, 9.17) is 0 Å². The van der Waals surface area contributed by atoms with Crippen molar-refractivity contribution in [1.82, 2.24) is 4.98 Å². The molecule has 15 heavy (non-hydrogen) atoms. The second-order valence-electron chi connectivity index (χ2n) is 3.58. The third-order valence-electron chi connectivity index (χ3n) is 2.28. The number of benzene rings is 1. The Labute approximate surface area is 94.5 Å². The summed E-state index contributed by atoms with van der Waals surface area (Å²) in [5.41, 5.74) is 2.40. The second-order valence-corrected chi connectivity index (χ2v) is 4.70. The van der Waals surface area contributed by atoms with Crippen molar-refractivity contribution in [3.05, 3.63) is 34.8 Å². The van der Waals surface area contributed by atoms with Gasteiger partial charge in [-0.1, -0.05) is 25.1 Å². The van der Waals surface area contributed by atoms with E-state index >= 15 is 0 Å². The van der Waals surface area contributed by atoms with Gasteiger partial charge in [0.1, 0.15) is 0 Å². The summed E-state index contributed by atoms with van der Waals surface area (Å²) in [5, 5.41) is 1.25. The van der Waals surface area contributed by atoms with Crippen LogP contribution in [-0.4, -0.2) is 4.98 Å². The number of aromatic nitrogens is 1. The molecule has 0 N–H and O–H groups in total. The number of rotatable bonds is 3. The van der Waals surface area contributed by atoms with Crippen molar-refractivity contribution in [3.8, 4) is 0 Å². The zero-order valence-corrected chi connectivity index (χ0v) is 9.97. The molecule has 2 heteroatoms. The number of aryl methyl sites for hydroxylation is 1. The molecule has 0 saturated heterocycles. The van der Waals surface area contributed by atoms with Gasteiger partial charge in [-0.05, 0) is 37.5 Å². The lowest BCUT2D eigenvalue weighted by molar-refractivity contribution is 0.913. The molecule has 1 heterocycles. The van der Waals surface area contributed by atoms with Gasteiger partial charge in [0, 0.05) is 0 Å². The Balaban J connectivity index is 2.42. The van der Waals surface area contributed by atoms with Gasteiger partial charge in [-0.2, -0.15) is 0 Å². The predicted molar refractivity (Wildman–Crippen MR) is 68.3 cm³/mol.